The average molecular weight is 387 g/mol. The van der Waals surface area contributed by atoms with Crippen molar-refractivity contribution in [3.8, 4) is 0 Å². The fraction of sp³-hybridized carbons (Fsp3) is 0.368. The molecule has 0 saturated carbocycles. The van der Waals surface area contributed by atoms with Crippen molar-refractivity contribution < 1.29 is 4.79 Å². The number of nitrogens with one attached hydrogen (secondary N) is 1. The third-order valence-electron chi connectivity index (χ3n) is 4.42. The summed E-state index contributed by atoms with van der Waals surface area (Å²) in [7, 11) is 0. The lowest BCUT2D eigenvalue weighted by atomic mass is 10.1. The molecule has 0 aliphatic carbocycles. The topological polar surface area (TPSA) is 77.6 Å². The molecule has 3 rings (SSSR count). The second-order valence-corrected chi connectivity index (χ2v) is 7.19. The molecule has 1 aromatic carbocycles. The van der Waals surface area contributed by atoms with Gasteiger partial charge in [-0.3, -0.25) is 14.8 Å². The predicted molar refractivity (Wildman–Crippen MR) is 105 cm³/mol. The Labute approximate surface area is 163 Å². The Kier molecular flexibility index (Phi) is 5.60. The summed E-state index contributed by atoms with van der Waals surface area (Å²) in [6, 6.07) is 8.22. The van der Waals surface area contributed by atoms with Crippen LogP contribution >= 0.6 is 11.6 Å². The van der Waals surface area contributed by atoms with E-state index in [0.29, 0.717) is 24.1 Å². The number of halogens is 1. The molecule has 142 valence electrons. The summed E-state index contributed by atoms with van der Waals surface area (Å²) in [6.45, 7) is 8.66. The van der Waals surface area contributed by atoms with E-state index >= 15 is 0 Å². The van der Waals surface area contributed by atoms with Crippen molar-refractivity contribution in [1.29, 1.82) is 0 Å². The molecule has 2 aromatic heterocycles. The lowest BCUT2D eigenvalue weighted by molar-refractivity contribution is -0.119. The second-order valence-electron chi connectivity index (χ2n) is 6.81. The first kappa shape index (κ1) is 19.1. The molecular formula is C19H23ClN6O. The second kappa shape index (κ2) is 7.92. The van der Waals surface area contributed by atoms with Gasteiger partial charge in [0.05, 0.1) is 35.4 Å². The Morgan fingerprint density at radius 3 is 2.52 bits per heavy atom. The van der Waals surface area contributed by atoms with Crippen LogP contribution in [0.25, 0.3) is 0 Å². The van der Waals surface area contributed by atoms with E-state index in [4.69, 9.17) is 11.6 Å². The number of carbonyl (C=O) groups is 1. The minimum Gasteiger partial charge on any atom is -0.293 e. The van der Waals surface area contributed by atoms with Crippen molar-refractivity contribution in [2.24, 2.45) is 5.92 Å². The van der Waals surface area contributed by atoms with E-state index in [0.717, 1.165) is 17.0 Å². The van der Waals surface area contributed by atoms with Crippen LogP contribution in [-0.2, 0) is 17.9 Å². The van der Waals surface area contributed by atoms with Gasteiger partial charge in [-0.2, -0.15) is 5.10 Å². The summed E-state index contributed by atoms with van der Waals surface area (Å²) in [5, 5.41) is 12.1. The van der Waals surface area contributed by atoms with Crippen LogP contribution < -0.4 is 5.32 Å². The van der Waals surface area contributed by atoms with Gasteiger partial charge in [0.1, 0.15) is 6.33 Å². The molecule has 0 aliphatic heterocycles. The largest absolute Gasteiger partial charge is 0.293 e. The highest BCUT2D eigenvalue weighted by Gasteiger charge is 2.18. The number of aromatic nitrogens is 5. The number of rotatable bonds is 6. The van der Waals surface area contributed by atoms with E-state index in [2.05, 4.69) is 44.8 Å². The van der Waals surface area contributed by atoms with Crippen LogP contribution in [0.2, 0.25) is 5.02 Å². The van der Waals surface area contributed by atoms with E-state index in [1.165, 1.54) is 5.56 Å². The third kappa shape index (κ3) is 4.54. The predicted octanol–water partition coefficient (Wildman–Crippen LogP) is 3.38. The number of hydrogen-bond acceptors (Lipinski definition) is 4. The van der Waals surface area contributed by atoms with Crippen LogP contribution in [-0.4, -0.2) is 30.5 Å². The molecule has 1 amide bonds. The molecule has 8 heteroatoms. The Balaban J connectivity index is 1.59. The molecule has 0 fully saturated rings. The highest BCUT2D eigenvalue weighted by atomic mass is 35.5. The normalized spacial score (nSPS) is 12.2. The molecule has 7 nitrogen and oxygen atoms in total. The number of anilines is 1. The molecule has 0 aliphatic rings. The zero-order valence-corrected chi connectivity index (χ0v) is 16.7. The van der Waals surface area contributed by atoms with Crippen LogP contribution in [0.4, 0.5) is 5.95 Å². The number of aryl methyl sites for hydroxylation is 2. The molecule has 0 bridgehead atoms. The standard InChI is InChI=1S/C19H23ClN6O/c1-12-5-7-16(8-6-12)10-25-11-21-19(24-25)22-18(27)13(2)9-26-15(4)17(20)14(3)23-26/h5-8,11,13H,9-10H2,1-4H3,(H,22,24,27). The number of hydrogen-bond donors (Lipinski definition) is 1. The molecule has 1 atom stereocenters. The SMILES string of the molecule is Cc1ccc(Cn2cnc(NC(=O)C(C)Cn3nc(C)c(Cl)c3C)n2)cc1. The maximum absolute atomic E-state index is 12.5. The van der Waals surface area contributed by atoms with E-state index in [9.17, 15) is 4.79 Å². The van der Waals surface area contributed by atoms with E-state index in [-0.39, 0.29) is 11.8 Å². The molecule has 0 spiro atoms. The summed E-state index contributed by atoms with van der Waals surface area (Å²) in [5.74, 6) is -0.166. The maximum atomic E-state index is 12.5. The summed E-state index contributed by atoms with van der Waals surface area (Å²) < 4.78 is 3.46. The molecule has 0 radical (unpaired) electrons. The van der Waals surface area contributed by atoms with Crippen molar-refractivity contribution in [3.05, 3.63) is 58.1 Å². The fourth-order valence-electron chi connectivity index (χ4n) is 2.74. The number of carbonyl (C=O) groups excluding carboxylic acids is 1. The Hall–Kier alpha value is -2.67. The molecule has 3 aromatic rings. The summed E-state index contributed by atoms with van der Waals surface area (Å²) in [6.07, 6.45) is 1.61. The van der Waals surface area contributed by atoms with Crippen LogP contribution in [0.3, 0.4) is 0 Å². The van der Waals surface area contributed by atoms with Crippen molar-refractivity contribution in [2.45, 2.75) is 40.8 Å². The van der Waals surface area contributed by atoms with Crippen LogP contribution in [0.15, 0.2) is 30.6 Å². The third-order valence-corrected chi connectivity index (χ3v) is 4.97. The van der Waals surface area contributed by atoms with Gasteiger partial charge in [-0.1, -0.05) is 48.4 Å². The zero-order valence-electron chi connectivity index (χ0n) is 15.9. The molecule has 1 N–H and O–H groups in total. The minimum atomic E-state index is -0.303. The number of amides is 1. The molecule has 1 unspecified atom stereocenters. The summed E-state index contributed by atoms with van der Waals surface area (Å²) in [4.78, 5) is 16.6. The Morgan fingerprint density at radius 2 is 1.89 bits per heavy atom. The Morgan fingerprint density at radius 1 is 1.19 bits per heavy atom. The number of nitrogens with zero attached hydrogens (tertiary/aromatic N) is 5. The minimum absolute atomic E-state index is 0.160. The fourth-order valence-corrected chi connectivity index (χ4v) is 2.87. The zero-order chi connectivity index (χ0) is 19.6. The van der Waals surface area contributed by atoms with Crippen molar-refractivity contribution in [1.82, 2.24) is 24.5 Å². The lowest BCUT2D eigenvalue weighted by Gasteiger charge is -2.11. The van der Waals surface area contributed by atoms with Crippen LogP contribution in [0.1, 0.15) is 29.4 Å². The van der Waals surface area contributed by atoms with E-state index in [1.54, 1.807) is 15.7 Å². The molecule has 2 heterocycles. The van der Waals surface area contributed by atoms with Crippen LogP contribution in [0, 0.1) is 26.7 Å². The van der Waals surface area contributed by atoms with Gasteiger partial charge in [-0.25, -0.2) is 9.67 Å². The monoisotopic (exact) mass is 386 g/mol. The van der Waals surface area contributed by atoms with Gasteiger partial charge in [-0.15, -0.1) is 5.10 Å². The highest BCUT2D eigenvalue weighted by molar-refractivity contribution is 6.31. The van der Waals surface area contributed by atoms with Gasteiger partial charge in [0.25, 0.3) is 0 Å². The molecule has 27 heavy (non-hydrogen) atoms. The number of benzene rings is 1. The van der Waals surface area contributed by atoms with Crippen molar-refractivity contribution >= 4 is 23.5 Å². The van der Waals surface area contributed by atoms with Gasteiger partial charge in [-0.05, 0) is 26.3 Å². The Bertz CT molecular complexity index is 944. The summed E-state index contributed by atoms with van der Waals surface area (Å²) in [5.41, 5.74) is 3.95. The smallest absolute Gasteiger partial charge is 0.248 e. The van der Waals surface area contributed by atoms with Gasteiger partial charge in [0.15, 0.2) is 0 Å². The van der Waals surface area contributed by atoms with Crippen LogP contribution in [0.5, 0.6) is 0 Å². The van der Waals surface area contributed by atoms with Gasteiger partial charge < -0.3 is 0 Å². The van der Waals surface area contributed by atoms with Crippen molar-refractivity contribution in [3.63, 3.8) is 0 Å². The lowest BCUT2D eigenvalue weighted by Crippen LogP contribution is -2.26. The first-order valence-corrected chi connectivity index (χ1v) is 9.16. The highest BCUT2D eigenvalue weighted by Crippen LogP contribution is 2.20. The van der Waals surface area contributed by atoms with Gasteiger partial charge in [0, 0.05) is 0 Å². The first-order chi connectivity index (χ1) is 12.8. The maximum Gasteiger partial charge on any atom is 0.248 e. The van der Waals surface area contributed by atoms with E-state index in [1.807, 2.05) is 27.7 Å². The summed E-state index contributed by atoms with van der Waals surface area (Å²) >= 11 is 6.16. The molecule has 0 saturated heterocycles. The van der Waals surface area contributed by atoms with Gasteiger partial charge in [0.2, 0.25) is 11.9 Å². The van der Waals surface area contributed by atoms with Crippen molar-refractivity contribution in [2.75, 3.05) is 5.32 Å². The molecular weight excluding hydrogens is 364 g/mol. The quantitative estimate of drug-likeness (QED) is 0.704. The first-order valence-electron chi connectivity index (χ1n) is 8.79. The van der Waals surface area contributed by atoms with E-state index < -0.39 is 0 Å². The average Bonchev–Trinajstić information content (AvgIpc) is 3.17. The van der Waals surface area contributed by atoms with Gasteiger partial charge >= 0.3 is 0 Å².